The van der Waals surface area contributed by atoms with Crippen molar-refractivity contribution < 1.29 is 101 Å². The zero-order valence-corrected chi connectivity index (χ0v) is 54.4. The van der Waals surface area contributed by atoms with Crippen LogP contribution in [0.2, 0.25) is 0 Å². The molecule has 0 aromatic heterocycles. The van der Waals surface area contributed by atoms with E-state index in [1.807, 2.05) is 37.8 Å². The first-order valence-corrected chi connectivity index (χ1v) is 31.3. The summed E-state index contributed by atoms with van der Waals surface area (Å²) >= 11 is 0. The molecule has 4 aromatic rings. The highest BCUT2D eigenvalue weighted by molar-refractivity contribution is 5.94. The van der Waals surface area contributed by atoms with E-state index in [1.54, 1.807) is 111 Å². The number of methoxy groups -OCH3 is 2. The van der Waals surface area contributed by atoms with Crippen LogP contribution >= 0.6 is 0 Å². The lowest BCUT2D eigenvalue weighted by atomic mass is 9.84. The maximum Gasteiger partial charge on any atom is 0.338 e. The van der Waals surface area contributed by atoms with Crippen LogP contribution in [0.1, 0.15) is 136 Å². The van der Waals surface area contributed by atoms with Gasteiger partial charge < -0.3 is 82.0 Å². The molecule has 11 rings (SSSR count). The Hall–Kier alpha value is -7.95. The van der Waals surface area contributed by atoms with Crippen molar-refractivity contribution >= 4 is 41.5 Å². The van der Waals surface area contributed by atoms with Crippen molar-refractivity contribution in [2.75, 3.05) is 146 Å². The van der Waals surface area contributed by atoms with Crippen LogP contribution in [0.25, 0.3) is 0 Å². The fourth-order valence-corrected chi connectivity index (χ4v) is 11.8. The Labute approximate surface area is 541 Å². The van der Waals surface area contributed by atoms with Gasteiger partial charge in [0, 0.05) is 54.6 Å². The molecule has 0 radical (unpaired) electrons. The average molecular weight is 1300 g/mol. The van der Waals surface area contributed by atoms with Crippen molar-refractivity contribution in [1.29, 1.82) is 0 Å². The summed E-state index contributed by atoms with van der Waals surface area (Å²) in [4.78, 5) is 91.5. The van der Waals surface area contributed by atoms with Crippen LogP contribution in [0.15, 0.2) is 72.8 Å². The predicted molar refractivity (Wildman–Crippen MR) is 332 cm³/mol. The minimum atomic E-state index is -0.844. The minimum Gasteiger partial charge on any atom is -0.492 e. The maximum atomic E-state index is 13.2. The van der Waals surface area contributed by atoms with Gasteiger partial charge >= 0.3 is 17.9 Å². The largest absolute Gasteiger partial charge is 0.492 e. The van der Waals surface area contributed by atoms with Gasteiger partial charge in [-0.25, -0.2) is 19.9 Å². The molecule has 93 heavy (non-hydrogen) atoms. The number of fused-ring (bicyclic) bond motifs is 4. The molecule has 4 atom stereocenters. The van der Waals surface area contributed by atoms with Gasteiger partial charge in [0.05, 0.1) is 134 Å². The van der Waals surface area contributed by atoms with Gasteiger partial charge in [0.1, 0.15) is 65.7 Å². The first kappa shape index (κ1) is 70.9. The normalized spacial score (nSPS) is 20.8. The van der Waals surface area contributed by atoms with Crippen LogP contribution in [0.5, 0.6) is 23.0 Å². The molecule has 26 nitrogen and oxygen atoms in total. The Morgan fingerprint density at radius 3 is 1.14 bits per heavy atom. The van der Waals surface area contributed by atoms with E-state index in [4.69, 9.17) is 62.0 Å². The number of nitrogens with one attached hydrogen (secondary N) is 2. The molecule has 7 aliphatic rings. The van der Waals surface area contributed by atoms with Crippen LogP contribution in [0, 0.1) is 16.2 Å². The second kappa shape index (κ2) is 32.3. The maximum absolute atomic E-state index is 13.2. The molecule has 4 N–H and O–H groups in total. The molecular weight excluding hydrogens is 1210 g/mol. The molecule has 26 heteroatoms. The van der Waals surface area contributed by atoms with Gasteiger partial charge in [-0.05, 0) is 97.0 Å². The lowest BCUT2D eigenvalue weighted by molar-refractivity contribution is -0.185. The lowest BCUT2D eigenvalue weighted by Crippen LogP contribution is -2.58. The topological polar surface area (TPSA) is 304 Å². The Balaban J connectivity index is 0.000000161. The summed E-state index contributed by atoms with van der Waals surface area (Å²) in [6.45, 7) is 20.3. The molecule has 0 spiro atoms. The van der Waals surface area contributed by atoms with E-state index in [1.165, 1.54) is 0 Å². The number of benzene rings is 4. The van der Waals surface area contributed by atoms with Gasteiger partial charge in [-0.15, -0.1) is 0 Å². The third-order valence-electron chi connectivity index (χ3n) is 17.3. The molecule has 506 valence electrons. The quantitative estimate of drug-likeness (QED) is 0.0486. The first-order valence-electron chi connectivity index (χ1n) is 31.3. The van der Waals surface area contributed by atoms with Crippen molar-refractivity contribution in [1.82, 2.24) is 25.5 Å². The second-order valence-electron chi connectivity index (χ2n) is 23.5. The van der Waals surface area contributed by atoms with E-state index >= 15 is 0 Å². The van der Waals surface area contributed by atoms with Crippen molar-refractivity contribution in [2.24, 2.45) is 16.2 Å². The molecule has 3 fully saturated rings. The van der Waals surface area contributed by atoms with Crippen LogP contribution in [0.4, 0.5) is 0 Å². The summed E-state index contributed by atoms with van der Waals surface area (Å²) in [5, 5.41) is 21.7. The number of hydroxylamine groups is 1. The fraction of sp³-hybridized carbons (Fsp3) is 0.537. The number of aliphatic hydroxyl groups excluding tert-OH is 1. The molecule has 7 heterocycles. The number of aliphatic hydroxyl groups is 1. The SMILES string of the molecule is CCOC(=O)c1ccc2c(c1)OCCN(C(=O)C1(CO)COC1)C2C.CCOC(=O)c1ccc2c(c1)OCCN(C(=O)C1(COC)COC1)C2C.CCOC(=O)c1ccc2c(c1)OCCNC2C.COCC1(C(=O)N2CCOc3cc(C(=O)NO)ccc3C2C)COC1. The lowest BCUT2D eigenvalue weighted by Gasteiger charge is -2.43. The fourth-order valence-electron chi connectivity index (χ4n) is 11.8. The van der Waals surface area contributed by atoms with E-state index in [0.717, 1.165) is 34.5 Å². The molecule has 3 saturated heterocycles. The molecule has 0 bridgehead atoms. The summed E-state index contributed by atoms with van der Waals surface area (Å²) < 4.78 is 64.2. The Kier molecular flexibility index (Phi) is 24.6. The molecule has 4 aromatic carbocycles. The number of nitrogens with zero attached hydrogens (tertiary/aromatic N) is 3. The number of carbonyl (C=O) groups excluding carboxylic acids is 7. The van der Waals surface area contributed by atoms with E-state index in [0.29, 0.717) is 139 Å². The summed E-state index contributed by atoms with van der Waals surface area (Å²) in [6, 6.07) is 20.4. The molecular formula is C67H87N5O21. The number of hydrogen-bond acceptors (Lipinski definition) is 22. The smallest absolute Gasteiger partial charge is 0.338 e. The molecule has 4 amide bonds. The minimum absolute atomic E-state index is 0.0123. The highest BCUT2D eigenvalue weighted by atomic mass is 16.6. The van der Waals surface area contributed by atoms with E-state index in [-0.39, 0.29) is 79.2 Å². The van der Waals surface area contributed by atoms with Crippen LogP contribution in [0.3, 0.4) is 0 Å². The second-order valence-corrected chi connectivity index (χ2v) is 23.5. The van der Waals surface area contributed by atoms with Crippen LogP contribution in [-0.4, -0.2) is 213 Å². The summed E-state index contributed by atoms with van der Waals surface area (Å²) in [6.07, 6.45) is 0. The van der Waals surface area contributed by atoms with Crippen molar-refractivity contribution in [3.8, 4) is 23.0 Å². The van der Waals surface area contributed by atoms with E-state index < -0.39 is 28.1 Å². The molecule has 7 aliphatic heterocycles. The number of carbonyl (C=O) groups is 7. The third kappa shape index (κ3) is 15.8. The third-order valence-corrected chi connectivity index (χ3v) is 17.3. The standard InChI is InChI=1S/C19H25NO6.C18H23NO6.C17H22N2O6.C13H17NO3/c1-4-25-17(21)14-5-6-15-13(2)20(7-8-26-16(15)9-14)18(22)19(10-23-3)11-24-12-19;1-3-24-16(21)13-4-5-14-12(2)19(6-7-25-15(14)8-13)17(22)18(9-20)10-23-11-18;1-11-13-4-3-12(15(20)18-22)7-14(13)25-6-5-19(11)16(21)17(8-23-2)9-24-10-17;1-3-16-13(15)10-4-5-11-9(2)14-6-7-17-12(11)8-10/h5-6,9,13H,4,7-8,10-12H2,1-3H3;4-5,8,12,20H,3,6-7,9-11H2,1-2H3;3-4,7,11,22H,5-6,8-10H2,1-2H3,(H,18,20);4-5,8-9,14H,3,6-7H2,1-2H3. The van der Waals surface area contributed by atoms with Crippen molar-refractivity contribution in [3.05, 3.63) is 117 Å². The summed E-state index contributed by atoms with van der Waals surface area (Å²) in [7, 11) is 3.17. The zero-order chi connectivity index (χ0) is 67.0. The van der Waals surface area contributed by atoms with Gasteiger partial charge in [-0.1, -0.05) is 24.3 Å². The van der Waals surface area contributed by atoms with Crippen LogP contribution < -0.4 is 29.7 Å². The highest BCUT2D eigenvalue weighted by Gasteiger charge is 2.52. The first-order chi connectivity index (χ1) is 44.8. The van der Waals surface area contributed by atoms with Gasteiger partial charge in [-0.3, -0.25) is 24.4 Å². The molecule has 0 saturated carbocycles. The van der Waals surface area contributed by atoms with Gasteiger partial charge in [-0.2, -0.15) is 0 Å². The van der Waals surface area contributed by atoms with Gasteiger partial charge in [0.15, 0.2) is 0 Å². The Morgan fingerprint density at radius 1 is 0.495 bits per heavy atom. The number of amides is 4. The zero-order valence-electron chi connectivity index (χ0n) is 54.4. The van der Waals surface area contributed by atoms with Gasteiger partial charge in [0.25, 0.3) is 5.91 Å². The van der Waals surface area contributed by atoms with Crippen molar-refractivity contribution in [3.63, 3.8) is 0 Å². The monoisotopic (exact) mass is 1300 g/mol. The summed E-state index contributed by atoms with van der Waals surface area (Å²) in [5.41, 5.74) is 4.80. The Bertz CT molecular complexity index is 3290. The molecule has 0 aliphatic carbocycles. The predicted octanol–water partition coefficient (Wildman–Crippen LogP) is 5.62. The van der Waals surface area contributed by atoms with E-state index in [2.05, 4.69) is 12.2 Å². The van der Waals surface area contributed by atoms with Crippen LogP contribution in [-0.2, 0) is 52.3 Å². The number of ether oxygens (including phenoxy) is 12. The number of rotatable bonds is 15. The van der Waals surface area contributed by atoms with Crippen molar-refractivity contribution in [2.45, 2.75) is 72.6 Å². The average Bonchev–Trinajstić information content (AvgIpc) is 1.75. The number of hydrogen-bond donors (Lipinski definition) is 4. The van der Waals surface area contributed by atoms with Gasteiger partial charge in [0.2, 0.25) is 17.7 Å². The highest BCUT2D eigenvalue weighted by Crippen LogP contribution is 2.42. The molecule has 4 unspecified atom stereocenters. The Morgan fingerprint density at radius 2 is 0.817 bits per heavy atom. The summed E-state index contributed by atoms with van der Waals surface area (Å²) in [5.74, 6) is 0.693. The van der Waals surface area contributed by atoms with E-state index in [9.17, 15) is 38.7 Å². The number of esters is 3.